The highest BCUT2D eigenvalue weighted by Gasteiger charge is 2.09. The highest BCUT2D eigenvalue weighted by atomic mass is 32.1. The molecule has 0 atom stereocenters. The van der Waals surface area contributed by atoms with Gasteiger partial charge in [-0.2, -0.15) is 0 Å². The Bertz CT molecular complexity index is 963. The normalized spacial score (nSPS) is 10.4. The van der Waals surface area contributed by atoms with Crippen LogP contribution in [0.4, 0.5) is 5.69 Å². The van der Waals surface area contributed by atoms with Crippen LogP contribution in [0.3, 0.4) is 0 Å². The standard InChI is InChI=1S/C21H21N3O3S/c1-14-22-19(13-28-14)15-6-10-18(11-7-15)27-12-20(25)23-17-8-4-16(5-9-17)21(26)24(2)3/h4-11,13H,12H2,1-3H3,(H,23,25). The molecule has 0 spiro atoms. The summed E-state index contributed by atoms with van der Waals surface area (Å²) in [6, 6.07) is 14.2. The first kappa shape index (κ1) is 19.6. The van der Waals surface area contributed by atoms with E-state index in [9.17, 15) is 9.59 Å². The zero-order valence-electron chi connectivity index (χ0n) is 15.9. The molecule has 144 valence electrons. The molecule has 0 saturated heterocycles. The third kappa shape index (κ3) is 4.95. The molecule has 2 aromatic carbocycles. The molecular weight excluding hydrogens is 374 g/mol. The van der Waals surface area contributed by atoms with Gasteiger partial charge in [-0.3, -0.25) is 9.59 Å². The van der Waals surface area contributed by atoms with E-state index in [0.717, 1.165) is 16.3 Å². The van der Waals surface area contributed by atoms with Crippen LogP contribution in [0, 0.1) is 6.92 Å². The van der Waals surface area contributed by atoms with Crippen molar-refractivity contribution in [1.82, 2.24) is 9.88 Å². The molecule has 7 heteroatoms. The summed E-state index contributed by atoms with van der Waals surface area (Å²) in [5.74, 6) is 0.251. The number of carbonyl (C=O) groups excluding carboxylic acids is 2. The van der Waals surface area contributed by atoms with E-state index in [4.69, 9.17) is 4.74 Å². The number of nitrogens with one attached hydrogen (secondary N) is 1. The predicted octanol–water partition coefficient (Wildman–Crippen LogP) is 3.84. The summed E-state index contributed by atoms with van der Waals surface area (Å²) < 4.78 is 5.54. The van der Waals surface area contributed by atoms with Gasteiger partial charge in [-0.1, -0.05) is 0 Å². The summed E-state index contributed by atoms with van der Waals surface area (Å²) in [4.78, 5) is 29.9. The van der Waals surface area contributed by atoms with Crippen LogP contribution < -0.4 is 10.1 Å². The molecule has 28 heavy (non-hydrogen) atoms. The van der Waals surface area contributed by atoms with Crippen LogP contribution in [-0.4, -0.2) is 42.4 Å². The molecule has 0 fully saturated rings. The van der Waals surface area contributed by atoms with Crippen molar-refractivity contribution in [3.8, 4) is 17.0 Å². The second-order valence-corrected chi connectivity index (χ2v) is 7.45. The van der Waals surface area contributed by atoms with Gasteiger partial charge in [0.1, 0.15) is 5.75 Å². The van der Waals surface area contributed by atoms with E-state index in [1.807, 2.05) is 36.6 Å². The zero-order chi connectivity index (χ0) is 20.1. The Kier molecular flexibility index (Phi) is 6.06. The van der Waals surface area contributed by atoms with E-state index < -0.39 is 0 Å². The number of nitrogens with zero attached hydrogens (tertiary/aromatic N) is 2. The fourth-order valence-corrected chi connectivity index (χ4v) is 3.14. The average molecular weight is 395 g/mol. The smallest absolute Gasteiger partial charge is 0.262 e. The van der Waals surface area contributed by atoms with Crippen molar-refractivity contribution < 1.29 is 14.3 Å². The molecule has 0 unspecified atom stereocenters. The number of thiazole rings is 1. The monoisotopic (exact) mass is 395 g/mol. The number of ether oxygens (including phenoxy) is 1. The van der Waals surface area contributed by atoms with E-state index in [1.54, 1.807) is 49.7 Å². The van der Waals surface area contributed by atoms with Gasteiger partial charge in [0, 0.05) is 36.3 Å². The fraction of sp³-hybridized carbons (Fsp3) is 0.190. The van der Waals surface area contributed by atoms with Crippen molar-refractivity contribution in [2.75, 3.05) is 26.0 Å². The number of aromatic nitrogens is 1. The average Bonchev–Trinajstić information content (AvgIpc) is 3.13. The second-order valence-electron chi connectivity index (χ2n) is 6.39. The number of aryl methyl sites for hydroxylation is 1. The summed E-state index contributed by atoms with van der Waals surface area (Å²) >= 11 is 1.61. The van der Waals surface area contributed by atoms with Gasteiger partial charge in [-0.25, -0.2) is 4.98 Å². The third-order valence-corrected chi connectivity index (χ3v) is 4.73. The van der Waals surface area contributed by atoms with Crippen molar-refractivity contribution in [3.63, 3.8) is 0 Å². The van der Waals surface area contributed by atoms with Gasteiger partial charge in [0.15, 0.2) is 6.61 Å². The number of rotatable bonds is 6. The minimum atomic E-state index is -0.272. The van der Waals surface area contributed by atoms with Gasteiger partial charge in [0.2, 0.25) is 0 Å². The Morgan fingerprint density at radius 2 is 1.75 bits per heavy atom. The lowest BCUT2D eigenvalue weighted by molar-refractivity contribution is -0.118. The van der Waals surface area contributed by atoms with Crippen LogP contribution in [0.25, 0.3) is 11.3 Å². The van der Waals surface area contributed by atoms with E-state index in [-0.39, 0.29) is 18.4 Å². The van der Waals surface area contributed by atoms with Gasteiger partial charge in [-0.15, -0.1) is 11.3 Å². The van der Waals surface area contributed by atoms with Crippen molar-refractivity contribution in [2.45, 2.75) is 6.92 Å². The Hall–Kier alpha value is -3.19. The fourth-order valence-electron chi connectivity index (χ4n) is 2.52. The third-order valence-electron chi connectivity index (χ3n) is 3.96. The van der Waals surface area contributed by atoms with Gasteiger partial charge < -0.3 is 15.0 Å². The van der Waals surface area contributed by atoms with Crippen molar-refractivity contribution in [3.05, 3.63) is 64.5 Å². The lowest BCUT2D eigenvalue weighted by atomic mass is 10.2. The number of carbonyl (C=O) groups is 2. The lowest BCUT2D eigenvalue weighted by Gasteiger charge is -2.11. The summed E-state index contributed by atoms with van der Waals surface area (Å²) in [7, 11) is 3.39. The molecule has 3 aromatic rings. The molecule has 1 heterocycles. The summed E-state index contributed by atoms with van der Waals surface area (Å²) in [5, 5.41) is 5.78. The molecule has 1 aromatic heterocycles. The minimum Gasteiger partial charge on any atom is -0.484 e. The molecular formula is C21H21N3O3S. The Labute approximate surface area is 167 Å². The van der Waals surface area contributed by atoms with E-state index in [0.29, 0.717) is 17.0 Å². The van der Waals surface area contributed by atoms with Crippen LogP contribution in [0.15, 0.2) is 53.9 Å². The maximum absolute atomic E-state index is 12.1. The summed E-state index contributed by atoms with van der Waals surface area (Å²) in [6.07, 6.45) is 0. The van der Waals surface area contributed by atoms with Gasteiger partial charge in [-0.05, 0) is 55.5 Å². The molecule has 0 saturated carbocycles. The molecule has 1 N–H and O–H groups in total. The predicted molar refractivity (Wildman–Crippen MR) is 111 cm³/mol. The van der Waals surface area contributed by atoms with Crippen LogP contribution in [0.2, 0.25) is 0 Å². The van der Waals surface area contributed by atoms with Crippen molar-refractivity contribution >= 4 is 28.8 Å². The quantitative estimate of drug-likeness (QED) is 0.688. The molecule has 0 radical (unpaired) electrons. The molecule has 2 amide bonds. The topological polar surface area (TPSA) is 71.5 Å². The molecule has 6 nitrogen and oxygen atoms in total. The van der Waals surface area contributed by atoms with Gasteiger partial charge in [0.05, 0.1) is 10.7 Å². The van der Waals surface area contributed by atoms with Crippen LogP contribution in [0.1, 0.15) is 15.4 Å². The largest absolute Gasteiger partial charge is 0.484 e. The molecule has 0 aliphatic heterocycles. The highest BCUT2D eigenvalue weighted by Crippen LogP contribution is 2.23. The number of anilines is 1. The number of amides is 2. The van der Waals surface area contributed by atoms with Crippen LogP contribution >= 0.6 is 11.3 Å². The molecule has 0 aliphatic rings. The Morgan fingerprint density at radius 1 is 1.07 bits per heavy atom. The number of hydrogen-bond acceptors (Lipinski definition) is 5. The summed E-state index contributed by atoms with van der Waals surface area (Å²) in [6.45, 7) is 1.87. The first-order valence-corrected chi connectivity index (χ1v) is 9.57. The molecule has 0 bridgehead atoms. The van der Waals surface area contributed by atoms with Gasteiger partial charge in [0.25, 0.3) is 11.8 Å². The highest BCUT2D eigenvalue weighted by molar-refractivity contribution is 7.09. The lowest BCUT2D eigenvalue weighted by Crippen LogP contribution is -2.22. The molecule has 3 rings (SSSR count). The van der Waals surface area contributed by atoms with E-state index >= 15 is 0 Å². The van der Waals surface area contributed by atoms with Gasteiger partial charge >= 0.3 is 0 Å². The zero-order valence-corrected chi connectivity index (χ0v) is 16.7. The maximum Gasteiger partial charge on any atom is 0.262 e. The minimum absolute atomic E-state index is 0.0857. The van der Waals surface area contributed by atoms with Crippen LogP contribution in [-0.2, 0) is 4.79 Å². The first-order chi connectivity index (χ1) is 13.4. The molecule has 0 aliphatic carbocycles. The second kappa shape index (κ2) is 8.67. The van der Waals surface area contributed by atoms with Crippen LogP contribution in [0.5, 0.6) is 5.75 Å². The summed E-state index contributed by atoms with van der Waals surface area (Å²) in [5.41, 5.74) is 3.12. The SMILES string of the molecule is Cc1nc(-c2ccc(OCC(=O)Nc3ccc(C(=O)N(C)C)cc3)cc2)cs1. The first-order valence-electron chi connectivity index (χ1n) is 8.69. The number of hydrogen-bond donors (Lipinski definition) is 1. The maximum atomic E-state index is 12.1. The van der Waals surface area contributed by atoms with Crippen molar-refractivity contribution in [2.24, 2.45) is 0 Å². The Morgan fingerprint density at radius 3 is 2.32 bits per heavy atom. The number of benzene rings is 2. The van der Waals surface area contributed by atoms with Crippen molar-refractivity contribution in [1.29, 1.82) is 0 Å². The van der Waals surface area contributed by atoms with E-state index in [1.165, 1.54) is 4.90 Å². The Balaban J connectivity index is 1.52. The van der Waals surface area contributed by atoms with E-state index in [2.05, 4.69) is 10.3 Å².